The first kappa shape index (κ1) is 15.5. The van der Waals surface area contributed by atoms with Crippen molar-refractivity contribution in [1.29, 1.82) is 0 Å². The number of H-pyrrole nitrogens is 1. The second-order valence-corrected chi connectivity index (χ2v) is 6.48. The van der Waals surface area contributed by atoms with Gasteiger partial charge in [-0.1, -0.05) is 0 Å². The Labute approximate surface area is 144 Å². The lowest BCUT2D eigenvalue weighted by Crippen LogP contribution is -2.14. The van der Waals surface area contributed by atoms with Gasteiger partial charge < -0.3 is 9.72 Å². The number of esters is 1. The van der Waals surface area contributed by atoms with E-state index >= 15 is 0 Å². The van der Waals surface area contributed by atoms with Gasteiger partial charge in [0.15, 0.2) is 5.69 Å². The van der Waals surface area contributed by atoms with Gasteiger partial charge in [-0.3, -0.25) is 4.98 Å². The summed E-state index contributed by atoms with van der Waals surface area (Å²) in [6.45, 7) is 7.49. The molecule has 25 heavy (non-hydrogen) atoms. The minimum absolute atomic E-state index is 0.194. The highest BCUT2D eigenvalue weighted by Gasteiger charge is 2.20. The van der Waals surface area contributed by atoms with Crippen LogP contribution >= 0.6 is 0 Å². The van der Waals surface area contributed by atoms with Crippen LogP contribution in [-0.2, 0) is 4.74 Å². The Morgan fingerprint density at radius 1 is 1.04 bits per heavy atom. The average molecular weight is 334 g/mol. The number of aromatic nitrogens is 4. The highest BCUT2D eigenvalue weighted by atomic mass is 16.5. The quantitative estimate of drug-likeness (QED) is 0.563. The van der Waals surface area contributed by atoms with E-state index in [2.05, 4.69) is 19.9 Å². The summed E-state index contributed by atoms with van der Waals surface area (Å²) < 4.78 is 5.32. The lowest BCUT2D eigenvalue weighted by molar-refractivity contribution is 0.0370. The number of pyridine rings is 1. The van der Waals surface area contributed by atoms with Crippen LogP contribution in [0.15, 0.2) is 24.5 Å². The van der Waals surface area contributed by atoms with Crippen LogP contribution in [0.2, 0.25) is 0 Å². The van der Waals surface area contributed by atoms with Gasteiger partial charge in [-0.15, -0.1) is 0 Å². The number of rotatable bonds is 2. The maximum absolute atomic E-state index is 12.4. The van der Waals surface area contributed by atoms with Gasteiger partial charge in [-0.05, 0) is 45.4 Å². The number of ether oxygens (including phenoxy) is 1. The van der Waals surface area contributed by atoms with Crippen LogP contribution in [0.1, 0.15) is 35.6 Å². The van der Waals surface area contributed by atoms with E-state index in [1.165, 1.54) is 0 Å². The number of aryl methyl sites for hydroxylation is 2. The first-order chi connectivity index (χ1) is 12.0. The topological polar surface area (TPSA) is 80.8 Å². The Morgan fingerprint density at radius 3 is 2.56 bits per heavy atom. The summed E-state index contributed by atoms with van der Waals surface area (Å²) in [7, 11) is 0. The van der Waals surface area contributed by atoms with Crippen molar-refractivity contribution >= 4 is 38.8 Å². The van der Waals surface area contributed by atoms with Crippen LogP contribution < -0.4 is 0 Å². The second-order valence-electron chi connectivity index (χ2n) is 6.48. The molecule has 0 spiro atoms. The standard InChI is InChI=1S/C19H18N4O2/c1-9(2)25-19(24)17-11(4)15-14(8-21-17)23-12-5-6-13-18(16(12)15)22-10(3)7-20-13/h5-9,22H,1-4H3. The number of hydrogen-bond donors (Lipinski definition) is 1. The molecule has 4 rings (SSSR count). The first-order valence-corrected chi connectivity index (χ1v) is 8.20. The third kappa shape index (κ3) is 2.41. The van der Waals surface area contributed by atoms with E-state index in [0.29, 0.717) is 5.69 Å². The summed E-state index contributed by atoms with van der Waals surface area (Å²) in [6.07, 6.45) is 3.24. The minimum atomic E-state index is -0.415. The third-order valence-corrected chi connectivity index (χ3v) is 4.21. The largest absolute Gasteiger partial charge is 0.458 e. The fourth-order valence-electron chi connectivity index (χ4n) is 3.16. The number of nitrogens with zero attached hydrogens (tertiary/aromatic N) is 3. The first-order valence-electron chi connectivity index (χ1n) is 8.20. The van der Waals surface area contributed by atoms with E-state index in [1.807, 2.05) is 39.8 Å². The summed E-state index contributed by atoms with van der Waals surface area (Å²) in [5.41, 5.74) is 5.44. The molecule has 6 nitrogen and oxygen atoms in total. The van der Waals surface area contributed by atoms with Gasteiger partial charge in [0.1, 0.15) is 0 Å². The summed E-state index contributed by atoms with van der Waals surface area (Å²) >= 11 is 0. The zero-order valence-corrected chi connectivity index (χ0v) is 14.5. The number of carbonyl (C=O) groups is 1. The SMILES string of the molecule is Cc1cnc2ccc3nc4cnc(C(=O)OC(C)C)c(C)c4c3c2[nH]1. The summed E-state index contributed by atoms with van der Waals surface area (Å²) in [5, 5.41) is 1.87. The number of carbonyl (C=O) groups excluding carboxylic acids is 1. The predicted molar refractivity (Wildman–Crippen MR) is 96.7 cm³/mol. The van der Waals surface area contributed by atoms with Crippen LogP contribution in [0.5, 0.6) is 0 Å². The molecule has 0 radical (unpaired) electrons. The van der Waals surface area contributed by atoms with E-state index in [4.69, 9.17) is 4.74 Å². The minimum Gasteiger partial charge on any atom is -0.458 e. The van der Waals surface area contributed by atoms with E-state index in [0.717, 1.165) is 44.1 Å². The molecule has 0 atom stereocenters. The summed E-state index contributed by atoms with van der Waals surface area (Å²) in [4.78, 5) is 29.2. The highest BCUT2D eigenvalue weighted by molar-refractivity contribution is 6.20. The molecular formula is C19H18N4O2. The number of aromatic amines is 1. The van der Waals surface area contributed by atoms with Crippen molar-refractivity contribution in [2.45, 2.75) is 33.8 Å². The molecule has 0 saturated heterocycles. The molecule has 126 valence electrons. The van der Waals surface area contributed by atoms with Gasteiger partial charge in [-0.2, -0.15) is 0 Å². The Kier molecular flexibility index (Phi) is 3.42. The Bertz CT molecular complexity index is 1140. The number of nitrogens with one attached hydrogen (secondary N) is 1. The van der Waals surface area contributed by atoms with E-state index < -0.39 is 5.97 Å². The highest BCUT2D eigenvalue weighted by Crippen LogP contribution is 2.33. The van der Waals surface area contributed by atoms with Crippen LogP contribution in [0, 0.1) is 13.8 Å². The zero-order chi connectivity index (χ0) is 17.7. The molecule has 0 aliphatic rings. The number of hydrogen-bond acceptors (Lipinski definition) is 5. The van der Waals surface area contributed by atoms with Crippen LogP contribution in [-0.4, -0.2) is 32.0 Å². The maximum atomic E-state index is 12.4. The van der Waals surface area contributed by atoms with Crippen LogP contribution in [0.3, 0.4) is 0 Å². The van der Waals surface area contributed by atoms with Gasteiger partial charge in [0.25, 0.3) is 0 Å². The molecule has 1 aromatic carbocycles. The van der Waals surface area contributed by atoms with Gasteiger partial charge in [0, 0.05) is 22.7 Å². The van der Waals surface area contributed by atoms with Crippen LogP contribution in [0.25, 0.3) is 32.8 Å². The molecule has 3 heterocycles. The van der Waals surface area contributed by atoms with Crippen molar-refractivity contribution in [3.8, 4) is 0 Å². The Hall–Kier alpha value is -3.02. The van der Waals surface area contributed by atoms with Crippen LogP contribution in [0.4, 0.5) is 0 Å². The fourth-order valence-corrected chi connectivity index (χ4v) is 3.16. The molecule has 0 bridgehead atoms. The van der Waals surface area contributed by atoms with Crippen molar-refractivity contribution in [2.24, 2.45) is 0 Å². The maximum Gasteiger partial charge on any atom is 0.357 e. The molecule has 4 aromatic rings. The van der Waals surface area contributed by atoms with Crippen molar-refractivity contribution in [2.75, 3.05) is 0 Å². The molecule has 0 aliphatic carbocycles. The average Bonchev–Trinajstić information content (AvgIpc) is 2.94. The fraction of sp³-hybridized carbons (Fsp3) is 0.263. The second kappa shape index (κ2) is 5.51. The Balaban J connectivity index is 2.09. The van der Waals surface area contributed by atoms with Gasteiger partial charge in [0.05, 0.1) is 34.4 Å². The summed E-state index contributed by atoms with van der Waals surface area (Å²) in [6, 6.07) is 3.88. The molecule has 0 saturated carbocycles. The lowest BCUT2D eigenvalue weighted by atomic mass is 10.1. The van der Waals surface area contributed by atoms with Crippen molar-refractivity contribution in [1.82, 2.24) is 19.9 Å². The number of fused-ring (bicyclic) bond motifs is 5. The van der Waals surface area contributed by atoms with Gasteiger partial charge in [-0.25, -0.2) is 14.8 Å². The Morgan fingerprint density at radius 2 is 1.80 bits per heavy atom. The predicted octanol–water partition coefficient (Wildman–Crippen LogP) is 3.84. The van der Waals surface area contributed by atoms with Crippen molar-refractivity contribution < 1.29 is 9.53 Å². The van der Waals surface area contributed by atoms with Gasteiger partial charge in [0.2, 0.25) is 0 Å². The van der Waals surface area contributed by atoms with E-state index in [9.17, 15) is 4.79 Å². The molecule has 0 fully saturated rings. The van der Waals surface area contributed by atoms with E-state index in [-0.39, 0.29) is 6.10 Å². The molecule has 0 unspecified atom stereocenters. The smallest absolute Gasteiger partial charge is 0.357 e. The van der Waals surface area contributed by atoms with Crippen molar-refractivity contribution in [3.05, 3.63) is 41.5 Å². The molecule has 0 amide bonds. The molecule has 0 aliphatic heterocycles. The lowest BCUT2D eigenvalue weighted by Gasteiger charge is -2.10. The van der Waals surface area contributed by atoms with E-state index in [1.54, 1.807) is 12.4 Å². The normalized spacial score (nSPS) is 11.7. The third-order valence-electron chi connectivity index (χ3n) is 4.21. The summed E-state index contributed by atoms with van der Waals surface area (Å²) in [5.74, 6) is -0.415. The molecule has 3 aromatic heterocycles. The molecule has 1 N–H and O–H groups in total. The number of benzene rings is 1. The van der Waals surface area contributed by atoms with Crippen molar-refractivity contribution in [3.63, 3.8) is 0 Å². The molecule has 6 heteroatoms. The van der Waals surface area contributed by atoms with Gasteiger partial charge >= 0.3 is 5.97 Å². The monoisotopic (exact) mass is 334 g/mol. The molecular weight excluding hydrogens is 316 g/mol. The zero-order valence-electron chi connectivity index (χ0n) is 14.5.